The molecule has 2 aromatic rings. The fourth-order valence-corrected chi connectivity index (χ4v) is 1.71. The molecule has 98 valence electrons. The minimum atomic E-state index is -0.274. The molecule has 0 aromatic carbocycles. The van der Waals surface area contributed by atoms with Crippen molar-refractivity contribution in [2.45, 2.75) is 6.42 Å². The zero-order chi connectivity index (χ0) is 13.7. The van der Waals surface area contributed by atoms with E-state index in [1.165, 1.54) is 6.07 Å². The van der Waals surface area contributed by atoms with Gasteiger partial charge in [-0.2, -0.15) is 0 Å². The fourth-order valence-electron chi connectivity index (χ4n) is 1.71. The van der Waals surface area contributed by atoms with E-state index in [0.29, 0.717) is 18.7 Å². The number of hydrogen-bond donors (Lipinski definition) is 1. The Morgan fingerprint density at radius 1 is 1.26 bits per heavy atom. The number of amides is 1. The number of H-pyrrole nitrogens is 1. The van der Waals surface area contributed by atoms with E-state index in [9.17, 15) is 9.59 Å². The number of pyridine rings is 2. The lowest BCUT2D eigenvalue weighted by atomic mass is 10.2. The highest BCUT2D eigenvalue weighted by molar-refractivity contribution is 5.92. The maximum atomic E-state index is 12.1. The summed E-state index contributed by atoms with van der Waals surface area (Å²) in [5.74, 6) is -0.200. The van der Waals surface area contributed by atoms with Gasteiger partial charge in [-0.3, -0.25) is 14.6 Å². The van der Waals surface area contributed by atoms with Crippen LogP contribution in [-0.2, 0) is 6.42 Å². The van der Waals surface area contributed by atoms with Gasteiger partial charge >= 0.3 is 0 Å². The minimum Gasteiger partial charge on any atom is -0.340 e. The molecule has 0 atom stereocenters. The Balaban J connectivity index is 1.98. The average molecular weight is 257 g/mol. The quantitative estimate of drug-likeness (QED) is 0.891. The van der Waals surface area contributed by atoms with Gasteiger partial charge in [-0.05, 0) is 18.2 Å². The van der Waals surface area contributed by atoms with Gasteiger partial charge in [0.05, 0.1) is 0 Å². The Morgan fingerprint density at radius 2 is 2.11 bits per heavy atom. The Kier molecular flexibility index (Phi) is 4.07. The molecule has 5 heteroatoms. The zero-order valence-corrected chi connectivity index (χ0v) is 10.7. The fraction of sp³-hybridized carbons (Fsp3) is 0.214. The van der Waals surface area contributed by atoms with Crippen molar-refractivity contribution in [3.8, 4) is 0 Å². The molecule has 0 bridgehead atoms. The first kappa shape index (κ1) is 13.0. The maximum Gasteiger partial charge on any atom is 0.270 e. The van der Waals surface area contributed by atoms with Crippen LogP contribution in [0.5, 0.6) is 0 Å². The van der Waals surface area contributed by atoms with Crippen LogP contribution in [0.1, 0.15) is 16.2 Å². The summed E-state index contributed by atoms with van der Waals surface area (Å²) in [5, 5.41) is 0. The Bertz CT molecular complexity index is 607. The van der Waals surface area contributed by atoms with Crippen LogP contribution >= 0.6 is 0 Å². The van der Waals surface area contributed by atoms with Crippen molar-refractivity contribution in [3.63, 3.8) is 0 Å². The number of rotatable bonds is 4. The summed E-state index contributed by atoms with van der Waals surface area (Å²) >= 11 is 0. The first-order valence-corrected chi connectivity index (χ1v) is 6.01. The minimum absolute atomic E-state index is 0.200. The molecule has 0 radical (unpaired) electrons. The smallest absolute Gasteiger partial charge is 0.270 e. The van der Waals surface area contributed by atoms with Crippen LogP contribution in [0.4, 0.5) is 0 Å². The largest absolute Gasteiger partial charge is 0.340 e. The number of hydrogen-bond acceptors (Lipinski definition) is 3. The number of carbonyl (C=O) groups is 1. The normalized spacial score (nSPS) is 10.2. The maximum absolute atomic E-state index is 12.1. The van der Waals surface area contributed by atoms with Crippen LogP contribution in [0.25, 0.3) is 0 Å². The zero-order valence-electron chi connectivity index (χ0n) is 10.7. The van der Waals surface area contributed by atoms with E-state index < -0.39 is 0 Å². The van der Waals surface area contributed by atoms with Crippen molar-refractivity contribution in [3.05, 3.63) is 64.3 Å². The Labute approximate surface area is 110 Å². The standard InChI is InChI=1S/C14H15N3O2/c1-17(10-8-11-5-2-3-9-15-11)14(19)12-6-4-7-13(18)16-12/h2-7,9H,8,10H2,1H3,(H,16,18). The first-order chi connectivity index (χ1) is 9.16. The third kappa shape index (κ3) is 3.51. The Hall–Kier alpha value is -2.43. The Morgan fingerprint density at radius 3 is 2.79 bits per heavy atom. The summed E-state index contributed by atoms with van der Waals surface area (Å²) in [6.07, 6.45) is 2.41. The highest BCUT2D eigenvalue weighted by Gasteiger charge is 2.12. The van der Waals surface area contributed by atoms with Crippen LogP contribution in [-0.4, -0.2) is 34.4 Å². The number of nitrogens with one attached hydrogen (secondary N) is 1. The second kappa shape index (κ2) is 5.95. The van der Waals surface area contributed by atoms with Gasteiger partial charge in [0.25, 0.3) is 5.91 Å². The van der Waals surface area contributed by atoms with Crippen LogP contribution in [0.2, 0.25) is 0 Å². The van der Waals surface area contributed by atoms with Gasteiger partial charge in [0, 0.05) is 38.0 Å². The second-order valence-electron chi connectivity index (χ2n) is 4.23. The number of likely N-dealkylation sites (N-methyl/N-ethyl adjacent to an activating group) is 1. The van der Waals surface area contributed by atoms with Crippen LogP contribution < -0.4 is 5.56 Å². The van der Waals surface area contributed by atoms with Crippen molar-refractivity contribution in [1.29, 1.82) is 0 Å². The molecule has 19 heavy (non-hydrogen) atoms. The third-order valence-corrected chi connectivity index (χ3v) is 2.77. The van der Waals surface area contributed by atoms with E-state index >= 15 is 0 Å². The molecule has 0 unspecified atom stereocenters. The van der Waals surface area contributed by atoms with E-state index in [4.69, 9.17) is 0 Å². The summed E-state index contributed by atoms with van der Waals surface area (Å²) in [5.41, 5.74) is 0.962. The number of aromatic amines is 1. The highest BCUT2D eigenvalue weighted by Crippen LogP contribution is 2.01. The molecule has 1 N–H and O–H groups in total. The number of nitrogens with zero attached hydrogens (tertiary/aromatic N) is 2. The SMILES string of the molecule is CN(CCc1ccccn1)C(=O)c1cccc(=O)[nH]1. The number of aromatic nitrogens is 2. The lowest BCUT2D eigenvalue weighted by molar-refractivity contribution is 0.0790. The van der Waals surface area contributed by atoms with Crippen LogP contribution in [0.15, 0.2) is 47.4 Å². The molecule has 1 amide bonds. The molecule has 2 rings (SSSR count). The van der Waals surface area contributed by atoms with Crippen molar-refractivity contribution in [2.75, 3.05) is 13.6 Å². The van der Waals surface area contributed by atoms with Crippen molar-refractivity contribution in [2.24, 2.45) is 0 Å². The molecule has 0 fully saturated rings. The molecule has 5 nitrogen and oxygen atoms in total. The average Bonchev–Trinajstić information content (AvgIpc) is 2.45. The van der Waals surface area contributed by atoms with Crippen LogP contribution in [0, 0.1) is 0 Å². The summed E-state index contributed by atoms with van der Waals surface area (Å²) in [6, 6.07) is 10.2. The summed E-state index contributed by atoms with van der Waals surface area (Å²) in [6.45, 7) is 0.548. The summed E-state index contributed by atoms with van der Waals surface area (Å²) in [7, 11) is 1.70. The second-order valence-corrected chi connectivity index (χ2v) is 4.23. The molecule has 0 aliphatic heterocycles. The molecule has 0 aliphatic carbocycles. The van der Waals surface area contributed by atoms with E-state index in [1.807, 2.05) is 18.2 Å². The van der Waals surface area contributed by atoms with Crippen molar-refractivity contribution in [1.82, 2.24) is 14.9 Å². The lowest BCUT2D eigenvalue weighted by Crippen LogP contribution is -2.30. The van der Waals surface area contributed by atoms with Gasteiger partial charge in [-0.1, -0.05) is 12.1 Å². The monoisotopic (exact) mass is 257 g/mol. The van der Waals surface area contributed by atoms with Gasteiger partial charge in [-0.25, -0.2) is 0 Å². The molecular weight excluding hydrogens is 242 g/mol. The molecular formula is C14H15N3O2. The predicted octanol–water partition coefficient (Wildman–Crippen LogP) is 1.08. The van der Waals surface area contributed by atoms with Gasteiger partial charge in [-0.15, -0.1) is 0 Å². The topological polar surface area (TPSA) is 66.1 Å². The molecule has 0 spiro atoms. The highest BCUT2D eigenvalue weighted by atomic mass is 16.2. The van der Waals surface area contributed by atoms with E-state index in [1.54, 1.807) is 30.3 Å². The first-order valence-electron chi connectivity index (χ1n) is 6.01. The molecule has 2 heterocycles. The summed E-state index contributed by atoms with van der Waals surface area (Å²) < 4.78 is 0. The lowest BCUT2D eigenvalue weighted by Gasteiger charge is -2.16. The molecule has 2 aromatic heterocycles. The van der Waals surface area contributed by atoms with Crippen LogP contribution in [0.3, 0.4) is 0 Å². The van der Waals surface area contributed by atoms with Crippen molar-refractivity contribution < 1.29 is 4.79 Å². The van der Waals surface area contributed by atoms with Crippen molar-refractivity contribution >= 4 is 5.91 Å². The van der Waals surface area contributed by atoms with Gasteiger partial charge in [0.2, 0.25) is 5.56 Å². The van der Waals surface area contributed by atoms with Gasteiger partial charge in [0.1, 0.15) is 5.69 Å². The number of carbonyl (C=O) groups excluding carboxylic acids is 1. The van der Waals surface area contributed by atoms with E-state index in [2.05, 4.69) is 9.97 Å². The van der Waals surface area contributed by atoms with Gasteiger partial charge in [0.15, 0.2) is 0 Å². The molecule has 0 saturated carbocycles. The predicted molar refractivity (Wildman–Crippen MR) is 72.0 cm³/mol. The molecule has 0 saturated heterocycles. The molecule has 0 aliphatic rings. The van der Waals surface area contributed by atoms with E-state index in [0.717, 1.165) is 5.69 Å². The third-order valence-electron chi connectivity index (χ3n) is 2.77. The van der Waals surface area contributed by atoms with Gasteiger partial charge < -0.3 is 9.88 Å². The van der Waals surface area contributed by atoms with E-state index in [-0.39, 0.29) is 11.5 Å². The summed E-state index contributed by atoms with van der Waals surface area (Å²) in [4.78, 5) is 31.5.